The van der Waals surface area contributed by atoms with Crippen molar-refractivity contribution in [3.8, 4) is 6.07 Å². The van der Waals surface area contributed by atoms with E-state index < -0.39 is 18.3 Å². The average molecular weight is 314 g/mol. The van der Waals surface area contributed by atoms with Crippen LogP contribution in [0.5, 0.6) is 0 Å². The van der Waals surface area contributed by atoms with Gasteiger partial charge in [0.05, 0.1) is 23.0 Å². The second-order valence-electron chi connectivity index (χ2n) is 7.27. The second-order valence-corrected chi connectivity index (χ2v) is 7.27. The van der Waals surface area contributed by atoms with E-state index in [1.54, 1.807) is 6.07 Å². The Hall–Kier alpha value is -1.42. The number of hydrogen-bond donors (Lipinski definition) is 0. The average Bonchev–Trinajstić information content (AvgIpc) is 2.76. The molecule has 23 heavy (non-hydrogen) atoms. The molecule has 1 aromatic rings. The Morgan fingerprint density at radius 2 is 1.87 bits per heavy atom. The van der Waals surface area contributed by atoms with Crippen molar-refractivity contribution in [2.24, 2.45) is 0 Å². The lowest BCUT2D eigenvalue weighted by molar-refractivity contribution is 0.00578. The summed E-state index contributed by atoms with van der Waals surface area (Å²) in [6.07, 6.45) is 3.09. The lowest BCUT2D eigenvalue weighted by Gasteiger charge is -2.32. The van der Waals surface area contributed by atoms with Crippen LogP contribution in [0.1, 0.15) is 64.4 Å². The highest BCUT2D eigenvalue weighted by atomic mass is 16.7. The zero-order valence-corrected chi connectivity index (χ0v) is 14.3. The molecule has 3 heterocycles. The minimum Gasteiger partial charge on any atom is -0.399 e. The number of hydrogen-bond acceptors (Lipinski definition) is 5. The van der Waals surface area contributed by atoms with E-state index >= 15 is 0 Å². The van der Waals surface area contributed by atoms with Crippen molar-refractivity contribution < 1.29 is 14.0 Å². The molecule has 0 spiro atoms. The molecule has 0 N–H and O–H groups in total. The third-order valence-corrected chi connectivity index (χ3v) is 5.02. The molecule has 2 aliphatic rings. The predicted molar refractivity (Wildman–Crippen MR) is 87.2 cm³/mol. The van der Waals surface area contributed by atoms with Gasteiger partial charge < -0.3 is 14.0 Å². The highest BCUT2D eigenvalue weighted by molar-refractivity contribution is 6.62. The summed E-state index contributed by atoms with van der Waals surface area (Å²) >= 11 is 0. The SMILES string of the molecule is CC1(C)OB(c2cc(C#N)nc(C3CCCCO3)c2)OC1(C)C. The minimum absolute atomic E-state index is 0.0433. The van der Waals surface area contributed by atoms with E-state index in [-0.39, 0.29) is 6.10 Å². The predicted octanol–water partition coefficient (Wildman–Crippen LogP) is 2.49. The molecule has 2 fully saturated rings. The van der Waals surface area contributed by atoms with Crippen molar-refractivity contribution in [1.29, 1.82) is 5.26 Å². The number of nitrogens with zero attached hydrogens (tertiary/aromatic N) is 2. The molecule has 122 valence electrons. The Kier molecular flexibility index (Phi) is 4.22. The maximum Gasteiger partial charge on any atom is 0.495 e. The van der Waals surface area contributed by atoms with E-state index in [0.29, 0.717) is 5.69 Å². The summed E-state index contributed by atoms with van der Waals surface area (Å²) in [7, 11) is -0.488. The summed E-state index contributed by atoms with van der Waals surface area (Å²) in [5, 5.41) is 9.30. The molecule has 2 aliphatic heterocycles. The van der Waals surface area contributed by atoms with Crippen LogP contribution in [0, 0.1) is 11.3 Å². The van der Waals surface area contributed by atoms with Crippen LogP contribution >= 0.6 is 0 Å². The molecular formula is C17H23BN2O3. The van der Waals surface area contributed by atoms with Crippen molar-refractivity contribution in [2.75, 3.05) is 6.61 Å². The molecule has 1 atom stereocenters. The summed E-state index contributed by atoms with van der Waals surface area (Å²) < 4.78 is 18.0. The van der Waals surface area contributed by atoms with Crippen LogP contribution in [-0.4, -0.2) is 29.9 Å². The number of ether oxygens (including phenoxy) is 1. The third-order valence-electron chi connectivity index (χ3n) is 5.02. The van der Waals surface area contributed by atoms with Gasteiger partial charge in [0.1, 0.15) is 11.8 Å². The lowest BCUT2D eigenvalue weighted by Crippen LogP contribution is -2.41. The maximum absolute atomic E-state index is 9.30. The van der Waals surface area contributed by atoms with Crippen molar-refractivity contribution in [1.82, 2.24) is 4.98 Å². The smallest absolute Gasteiger partial charge is 0.399 e. The minimum atomic E-state index is -0.488. The van der Waals surface area contributed by atoms with E-state index in [1.165, 1.54) is 0 Å². The van der Waals surface area contributed by atoms with Crippen molar-refractivity contribution >= 4 is 12.6 Å². The Bertz CT molecular complexity index is 617. The van der Waals surface area contributed by atoms with Gasteiger partial charge in [0.15, 0.2) is 0 Å². The molecule has 0 saturated carbocycles. The zero-order chi connectivity index (χ0) is 16.7. The molecule has 0 radical (unpaired) electrons. The summed E-state index contributed by atoms with van der Waals surface area (Å²) in [5.41, 5.74) is 1.19. The molecule has 0 bridgehead atoms. The first-order valence-corrected chi connectivity index (χ1v) is 8.22. The first kappa shape index (κ1) is 16.4. The highest BCUT2D eigenvalue weighted by Gasteiger charge is 2.51. The standard InChI is InChI=1S/C17H23BN2O3/c1-16(2)17(3,4)23-18(22-16)12-9-13(11-19)20-14(10-12)15-7-5-6-8-21-15/h9-10,15H,5-8H2,1-4H3. The molecule has 0 amide bonds. The zero-order valence-electron chi connectivity index (χ0n) is 14.3. The normalized spacial score (nSPS) is 26.0. The largest absolute Gasteiger partial charge is 0.495 e. The Balaban J connectivity index is 1.92. The number of pyridine rings is 1. The summed E-state index contributed by atoms with van der Waals surface area (Å²) in [6.45, 7) is 8.82. The van der Waals surface area contributed by atoms with Gasteiger partial charge in [-0.15, -0.1) is 0 Å². The van der Waals surface area contributed by atoms with E-state index in [2.05, 4.69) is 11.1 Å². The lowest BCUT2D eigenvalue weighted by atomic mass is 9.78. The van der Waals surface area contributed by atoms with Gasteiger partial charge in [0.2, 0.25) is 0 Å². The van der Waals surface area contributed by atoms with Crippen LogP contribution in [-0.2, 0) is 14.0 Å². The summed E-state index contributed by atoms with van der Waals surface area (Å²) in [5.74, 6) is 0. The quantitative estimate of drug-likeness (QED) is 0.785. The maximum atomic E-state index is 9.30. The van der Waals surface area contributed by atoms with E-state index in [0.717, 1.165) is 37.0 Å². The number of nitriles is 1. The van der Waals surface area contributed by atoms with Crippen LogP contribution in [0.3, 0.4) is 0 Å². The number of aromatic nitrogens is 1. The Labute approximate surface area is 138 Å². The van der Waals surface area contributed by atoms with Gasteiger partial charge in [-0.25, -0.2) is 4.98 Å². The molecular weight excluding hydrogens is 291 g/mol. The van der Waals surface area contributed by atoms with Gasteiger partial charge in [-0.1, -0.05) is 0 Å². The molecule has 6 heteroatoms. The molecule has 3 rings (SSSR count). The monoisotopic (exact) mass is 314 g/mol. The van der Waals surface area contributed by atoms with Gasteiger partial charge in [0.25, 0.3) is 0 Å². The van der Waals surface area contributed by atoms with Crippen molar-refractivity contribution in [3.63, 3.8) is 0 Å². The molecule has 0 aromatic carbocycles. The highest BCUT2D eigenvalue weighted by Crippen LogP contribution is 2.36. The fraction of sp³-hybridized carbons (Fsp3) is 0.647. The van der Waals surface area contributed by atoms with Crippen LogP contribution in [0.25, 0.3) is 0 Å². The fourth-order valence-electron chi connectivity index (χ4n) is 2.89. The van der Waals surface area contributed by atoms with Crippen LogP contribution in [0.2, 0.25) is 0 Å². The van der Waals surface area contributed by atoms with Crippen LogP contribution in [0.4, 0.5) is 0 Å². The van der Waals surface area contributed by atoms with E-state index in [4.69, 9.17) is 14.0 Å². The van der Waals surface area contributed by atoms with E-state index in [1.807, 2.05) is 33.8 Å². The van der Waals surface area contributed by atoms with Crippen molar-refractivity contribution in [3.05, 3.63) is 23.5 Å². The van der Waals surface area contributed by atoms with Crippen LogP contribution in [0.15, 0.2) is 12.1 Å². The van der Waals surface area contributed by atoms with Crippen LogP contribution < -0.4 is 5.46 Å². The molecule has 2 saturated heterocycles. The van der Waals surface area contributed by atoms with Gasteiger partial charge >= 0.3 is 7.12 Å². The molecule has 5 nitrogen and oxygen atoms in total. The van der Waals surface area contributed by atoms with Crippen molar-refractivity contribution in [2.45, 2.75) is 64.3 Å². The summed E-state index contributed by atoms with van der Waals surface area (Å²) in [6, 6.07) is 5.84. The molecule has 1 unspecified atom stereocenters. The van der Waals surface area contributed by atoms with E-state index in [9.17, 15) is 5.26 Å². The Morgan fingerprint density at radius 3 is 2.43 bits per heavy atom. The second kappa shape index (κ2) is 5.90. The van der Waals surface area contributed by atoms with Gasteiger partial charge in [-0.2, -0.15) is 5.26 Å². The third kappa shape index (κ3) is 3.14. The molecule has 1 aromatic heterocycles. The van der Waals surface area contributed by atoms with Gasteiger partial charge in [-0.05, 0) is 64.6 Å². The first-order valence-electron chi connectivity index (χ1n) is 8.22. The first-order chi connectivity index (χ1) is 10.8. The van der Waals surface area contributed by atoms with Gasteiger partial charge in [0, 0.05) is 6.61 Å². The topological polar surface area (TPSA) is 64.4 Å². The summed E-state index contributed by atoms with van der Waals surface area (Å²) in [4.78, 5) is 4.42. The Morgan fingerprint density at radius 1 is 1.17 bits per heavy atom. The fourth-order valence-corrected chi connectivity index (χ4v) is 2.89. The molecule has 0 aliphatic carbocycles. The van der Waals surface area contributed by atoms with Gasteiger partial charge in [-0.3, -0.25) is 0 Å². The number of rotatable bonds is 2.